The zero-order valence-electron chi connectivity index (χ0n) is 16.7. The highest BCUT2D eigenvalue weighted by atomic mass is 32.2. The molecule has 0 spiro atoms. The molecule has 2 heterocycles. The number of nitrogens with zero attached hydrogens (tertiary/aromatic N) is 4. The van der Waals surface area contributed by atoms with E-state index in [0.717, 1.165) is 25.8 Å². The summed E-state index contributed by atoms with van der Waals surface area (Å²) in [4.78, 5) is 2.68. The highest BCUT2D eigenvalue weighted by Crippen LogP contribution is 2.26. The SMILES string of the molecule is Cc1nn(C)c(C)c1S(=O)(=O)N1CCCC(N(C)CCc2ccccc2)C1. The number of sulfonamides is 1. The summed E-state index contributed by atoms with van der Waals surface area (Å²) in [7, 11) is 0.378. The largest absolute Gasteiger partial charge is 0.302 e. The Bertz CT molecular complexity index is 877. The predicted octanol–water partition coefficient (Wildman–Crippen LogP) is 2.36. The van der Waals surface area contributed by atoms with Crippen LogP contribution < -0.4 is 0 Å². The van der Waals surface area contributed by atoms with Crippen LogP contribution in [-0.4, -0.2) is 60.1 Å². The van der Waals surface area contributed by atoms with Gasteiger partial charge in [0.25, 0.3) is 0 Å². The predicted molar refractivity (Wildman–Crippen MR) is 107 cm³/mol. The Kier molecular flexibility index (Phi) is 6.03. The molecular formula is C20H30N4O2S. The van der Waals surface area contributed by atoms with E-state index in [-0.39, 0.29) is 6.04 Å². The lowest BCUT2D eigenvalue weighted by molar-refractivity contribution is 0.164. The third-order valence-corrected chi connectivity index (χ3v) is 7.74. The molecule has 1 fully saturated rings. The molecule has 1 aliphatic heterocycles. The number of hydrogen-bond acceptors (Lipinski definition) is 4. The van der Waals surface area contributed by atoms with Crippen molar-refractivity contribution in [3.8, 4) is 0 Å². The summed E-state index contributed by atoms with van der Waals surface area (Å²) in [5.74, 6) is 0. The first-order chi connectivity index (χ1) is 12.8. The van der Waals surface area contributed by atoms with E-state index in [4.69, 9.17) is 0 Å². The third kappa shape index (κ3) is 4.25. The molecule has 6 nitrogen and oxygen atoms in total. The van der Waals surface area contributed by atoms with Gasteiger partial charge in [0, 0.05) is 32.7 Å². The average molecular weight is 391 g/mol. The van der Waals surface area contributed by atoms with Crippen LogP contribution in [0.15, 0.2) is 35.2 Å². The first-order valence-electron chi connectivity index (χ1n) is 9.55. The Hall–Kier alpha value is -1.70. The lowest BCUT2D eigenvalue weighted by Gasteiger charge is -2.37. The molecule has 0 aliphatic carbocycles. The Morgan fingerprint density at radius 1 is 1.22 bits per heavy atom. The van der Waals surface area contributed by atoms with Crippen LogP contribution in [0.3, 0.4) is 0 Å². The molecule has 0 N–H and O–H groups in total. The Balaban J connectivity index is 1.69. The number of benzene rings is 1. The molecule has 3 rings (SSSR count). The van der Waals surface area contributed by atoms with Crippen molar-refractivity contribution in [1.82, 2.24) is 19.0 Å². The van der Waals surface area contributed by atoms with Crippen LogP contribution in [0.5, 0.6) is 0 Å². The van der Waals surface area contributed by atoms with Crippen LogP contribution in [-0.2, 0) is 23.5 Å². The molecule has 1 unspecified atom stereocenters. The second-order valence-corrected chi connectivity index (χ2v) is 9.37. The third-order valence-electron chi connectivity index (χ3n) is 5.62. The zero-order valence-corrected chi connectivity index (χ0v) is 17.5. The molecule has 1 atom stereocenters. The van der Waals surface area contributed by atoms with E-state index < -0.39 is 10.0 Å². The van der Waals surface area contributed by atoms with Crippen molar-refractivity contribution < 1.29 is 8.42 Å². The van der Waals surface area contributed by atoms with Gasteiger partial charge in [-0.3, -0.25) is 4.68 Å². The molecule has 0 saturated carbocycles. The highest BCUT2D eigenvalue weighted by Gasteiger charge is 2.35. The summed E-state index contributed by atoms with van der Waals surface area (Å²) >= 11 is 0. The van der Waals surface area contributed by atoms with E-state index in [1.54, 1.807) is 23.0 Å². The highest BCUT2D eigenvalue weighted by molar-refractivity contribution is 7.89. The molecule has 0 amide bonds. The fourth-order valence-electron chi connectivity index (χ4n) is 3.89. The Morgan fingerprint density at radius 2 is 1.93 bits per heavy atom. The maximum atomic E-state index is 13.2. The van der Waals surface area contributed by atoms with E-state index in [2.05, 4.69) is 41.3 Å². The second-order valence-electron chi connectivity index (χ2n) is 7.50. The fourth-order valence-corrected chi connectivity index (χ4v) is 5.80. The monoisotopic (exact) mass is 390 g/mol. The minimum atomic E-state index is -3.51. The summed E-state index contributed by atoms with van der Waals surface area (Å²) in [6, 6.07) is 10.7. The molecule has 1 aromatic heterocycles. The minimum absolute atomic E-state index is 0.245. The first kappa shape index (κ1) is 20.0. The fraction of sp³-hybridized carbons (Fsp3) is 0.550. The molecule has 0 bridgehead atoms. The van der Waals surface area contributed by atoms with E-state index in [1.807, 2.05) is 13.0 Å². The summed E-state index contributed by atoms with van der Waals surface area (Å²) in [6.45, 7) is 5.64. The summed E-state index contributed by atoms with van der Waals surface area (Å²) in [5, 5.41) is 4.29. The molecule has 1 aromatic carbocycles. The summed E-state index contributed by atoms with van der Waals surface area (Å²) < 4.78 is 29.8. The van der Waals surface area contributed by atoms with Gasteiger partial charge >= 0.3 is 0 Å². The summed E-state index contributed by atoms with van der Waals surface area (Å²) in [6.07, 6.45) is 2.89. The smallest absolute Gasteiger partial charge is 0.246 e. The maximum Gasteiger partial charge on any atom is 0.246 e. The van der Waals surface area contributed by atoms with E-state index in [0.29, 0.717) is 29.4 Å². The van der Waals surface area contributed by atoms with Crippen molar-refractivity contribution in [3.63, 3.8) is 0 Å². The molecule has 27 heavy (non-hydrogen) atoms. The molecule has 148 valence electrons. The van der Waals surface area contributed by atoms with Gasteiger partial charge in [0.1, 0.15) is 4.90 Å². The summed E-state index contributed by atoms with van der Waals surface area (Å²) in [5.41, 5.74) is 2.59. The Morgan fingerprint density at radius 3 is 2.56 bits per heavy atom. The minimum Gasteiger partial charge on any atom is -0.302 e. The Labute approximate surface area is 162 Å². The van der Waals surface area contributed by atoms with Gasteiger partial charge in [-0.2, -0.15) is 9.40 Å². The van der Waals surface area contributed by atoms with Crippen LogP contribution in [0.4, 0.5) is 0 Å². The number of likely N-dealkylation sites (N-methyl/N-ethyl adjacent to an activating group) is 1. The van der Waals surface area contributed by atoms with Crippen molar-refractivity contribution >= 4 is 10.0 Å². The molecule has 1 saturated heterocycles. The first-order valence-corrected chi connectivity index (χ1v) is 11.0. The molecular weight excluding hydrogens is 360 g/mol. The maximum absolute atomic E-state index is 13.2. The average Bonchev–Trinajstić information content (AvgIpc) is 2.93. The van der Waals surface area contributed by atoms with Gasteiger partial charge < -0.3 is 4.90 Å². The van der Waals surface area contributed by atoms with Crippen molar-refractivity contribution in [2.24, 2.45) is 7.05 Å². The van der Waals surface area contributed by atoms with Gasteiger partial charge in [-0.05, 0) is 45.7 Å². The quantitative estimate of drug-likeness (QED) is 0.760. The van der Waals surface area contributed by atoms with Crippen LogP contribution in [0.2, 0.25) is 0 Å². The van der Waals surface area contributed by atoms with Crippen LogP contribution in [0.1, 0.15) is 29.8 Å². The number of rotatable bonds is 6. The van der Waals surface area contributed by atoms with Gasteiger partial charge in [0.05, 0.1) is 11.4 Å². The molecule has 7 heteroatoms. The van der Waals surface area contributed by atoms with Gasteiger partial charge in [-0.15, -0.1) is 0 Å². The number of aryl methyl sites for hydroxylation is 2. The van der Waals surface area contributed by atoms with Crippen LogP contribution >= 0.6 is 0 Å². The van der Waals surface area contributed by atoms with E-state index in [9.17, 15) is 8.42 Å². The van der Waals surface area contributed by atoms with Crippen molar-refractivity contribution in [2.45, 2.75) is 44.0 Å². The van der Waals surface area contributed by atoms with Gasteiger partial charge in [0.2, 0.25) is 10.0 Å². The normalized spacial score (nSPS) is 18.9. The molecule has 1 aliphatic rings. The van der Waals surface area contributed by atoms with Crippen LogP contribution in [0.25, 0.3) is 0 Å². The second kappa shape index (κ2) is 8.12. The number of aromatic nitrogens is 2. The molecule has 0 radical (unpaired) electrons. The van der Waals surface area contributed by atoms with Crippen molar-refractivity contribution in [2.75, 3.05) is 26.7 Å². The van der Waals surface area contributed by atoms with Gasteiger partial charge in [-0.1, -0.05) is 30.3 Å². The van der Waals surface area contributed by atoms with E-state index in [1.165, 1.54) is 5.56 Å². The van der Waals surface area contributed by atoms with Crippen molar-refractivity contribution in [1.29, 1.82) is 0 Å². The molecule has 2 aromatic rings. The standard InChI is InChI=1S/C20H30N4O2S/c1-16-20(17(2)23(4)21-16)27(25,26)24-13-8-11-19(15-24)22(3)14-12-18-9-6-5-7-10-18/h5-7,9-10,19H,8,11-15H2,1-4H3. The number of hydrogen-bond donors (Lipinski definition) is 0. The van der Waals surface area contributed by atoms with E-state index >= 15 is 0 Å². The van der Waals surface area contributed by atoms with Gasteiger partial charge in [-0.25, -0.2) is 8.42 Å². The van der Waals surface area contributed by atoms with Gasteiger partial charge in [0.15, 0.2) is 0 Å². The lowest BCUT2D eigenvalue weighted by atomic mass is 10.1. The zero-order chi connectivity index (χ0) is 19.6. The van der Waals surface area contributed by atoms with Crippen LogP contribution in [0, 0.1) is 13.8 Å². The number of piperidine rings is 1. The van der Waals surface area contributed by atoms with Crippen molar-refractivity contribution in [3.05, 3.63) is 47.3 Å². The lowest BCUT2D eigenvalue weighted by Crippen LogP contribution is -2.49. The topological polar surface area (TPSA) is 58.4 Å².